The zero-order valence-electron chi connectivity index (χ0n) is 19.3. The fourth-order valence-corrected chi connectivity index (χ4v) is 3.96. The number of aryl methyl sites for hydroxylation is 1. The van der Waals surface area contributed by atoms with Crippen molar-refractivity contribution < 1.29 is 18.7 Å². The van der Waals surface area contributed by atoms with Gasteiger partial charge < -0.3 is 15.0 Å². The molecule has 11 heteroatoms. The topological polar surface area (TPSA) is 102 Å². The summed E-state index contributed by atoms with van der Waals surface area (Å²) in [5, 5.41) is 8.12. The summed E-state index contributed by atoms with van der Waals surface area (Å²) in [7, 11) is 3.48. The van der Waals surface area contributed by atoms with Gasteiger partial charge in [0.1, 0.15) is 22.1 Å². The van der Waals surface area contributed by atoms with Crippen LogP contribution in [0, 0.1) is 0 Å². The Kier molecular flexibility index (Phi) is 7.42. The standard InChI is InChI=1S/C22H27FN6O3S/c1-22(2,3)32-21(31)29-10-7-14(8-11-29)18(16(23)13-30)26-20-28(5)27-19(33-20)15-6-9-25-17(12-15)24-4/h6-7,9,12-13H,8,10-11H2,1-5H3,(H,24,25)/b18-16+,26-20?. The molecule has 0 atom stereocenters. The van der Waals surface area contributed by atoms with Crippen molar-refractivity contribution >= 4 is 29.5 Å². The summed E-state index contributed by atoms with van der Waals surface area (Å²) in [6.07, 6.45) is 3.40. The summed E-state index contributed by atoms with van der Waals surface area (Å²) in [5.74, 6) is -0.276. The summed E-state index contributed by atoms with van der Waals surface area (Å²) in [4.78, 5) is 34.1. The molecular formula is C22H27FN6O3S. The minimum absolute atomic E-state index is 0.0507. The van der Waals surface area contributed by atoms with E-state index < -0.39 is 17.5 Å². The Hall–Kier alpha value is -3.34. The molecule has 0 aromatic carbocycles. The molecule has 0 saturated heterocycles. The summed E-state index contributed by atoms with van der Waals surface area (Å²) in [5.41, 5.74) is 0.732. The van der Waals surface area contributed by atoms with E-state index in [2.05, 4.69) is 20.4 Å². The monoisotopic (exact) mass is 474 g/mol. The van der Waals surface area contributed by atoms with Crippen LogP contribution in [-0.4, -0.2) is 57.8 Å². The van der Waals surface area contributed by atoms with E-state index in [-0.39, 0.29) is 18.5 Å². The van der Waals surface area contributed by atoms with E-state index in [1.54, 1.807) is 47.1 Å². The Balaban J connectivity index is 1.91. The highest BCUT2D eigenvalue weighted by Gasteiger charge is 2.25. The van der Waals surface area contributed by atoms with E-state index >= 15 is 0 Å². The Morgan fingerprint density at radius 3 is 2.76 bits per heavy atom. The number of pyridine rings is 1. The molecule has 1 amide bonds. The first-order chi connectivity index (χ1) is 15.6. The van der Waals surface area contributed by atoms with Gasteiger partial charge in [0, 0.05) is 38.9 Å². The number of carbonyl (C=O) groups is 2. The van der Waals surface area contributed by atoms with Gasteiger partial charge in [-0.1, -0.05) is 17.4 Å². The van der Waals surface area contributed by atoms with Gasteiger partial charge in [0.25, 0.3) is 0 Å². The maximum absolute atomic E-state index is 14.5. The number of carbonyl (C=O) groups excluding carboxylic acids is 2. The predicted molar refractivity (Wildman–Crippen MR) is 124 cm³/mol. The number of aromatic nitrogens is 3. The van der Waals surface area contributed by atoms with Crippen LogP contribution in [0.5, 0.6) is 0 Å². The number of anilines is 1. The Morgan fingerprint density at radius 1 is 1.39 bits per heavy atom. The van der Waals surface area contributed by atoms with Crippen LogP contribution in [0.4, 0.5) is 15.0 Å². The number of aldehydes is 1. The van der Waals surface area contributed by atoms with Gasteiger partial charge in [0.05, 0.1) is 0 Å². The second-order valence-corrected chi connectivity index (χ2v) is 9.28. The molecule has 3 heterocycles. The van der Waals surface area contributed by atoms with E-state index in [1.165, 1.54) is 20.9 Å². The molecule has 0 bridgehead atoms. The van der Waals surface area contributed by atoms with Crippen molar-refractivity contribution in [3.63, 3.8) is 0 Å². The molecule has 176 valence electrons. The molecule has 0 unspecified atom stereocenters. The van der Waals surface area contributed by atoms with Gasteiger partial charge >= 0.3 is 6.09 Å². The average Bonchev–Trinajstić information content (AvgIpc) is 3.16. The maximum Gasteiger partial charge on any atom is 0.410 e. The number of allylic oxidation sites excluding steroid dienone is 2. The molecule has 0 spiro atoms. The second-order valence-electron chi connectivity index (χ2n) is 8.33. The van der Waals surface area contributed by atoms with Crippen molar-refractivity contribution in [2.75, 3.05) is 25.5 Å². The number of ether oxygens (including phenoxy) is 1. The SMILES string of the molecule is CNc1cc(-c2nn(C)c(=N/C(C3=CCN(C(=O)OC(C)(C)C)CC3)=C(/F)C=O)s2)ccn1. The normalized spacial score (nSPS) is 15.6. The highest BCUT2D eigenvalue weighted by Crippen LogP contribution is 2.25. The lowest BCUT2D eigenvalue weighted by molar-refractivity contribution is -0.106. The molecule has 0 fully saturated rings. The molecule has 9 nitrogen and oxygen atoms in total. The van der Waals surface area contributed by atoms with Gasteiger partial charge in [0.2, 0.25) is 4.80 Å². The van der Waals surface area contributed by atoms with Gasteiger partial charge in [0.15, 0.2) is 12.1 Å². The number of hydrogen-bond donors (Lipinski definition) is 1. The smallest absolute Gasteiger partial charge is 0.410 e. The van der Waals surface area contributed by atoms with Crippen molar-refractivity contribution in [3.8, 4) is 10.6 Å². The van der Waals surface area contributed by atoms with Crippen LogP contribution in [0.3, 0.4) is 0 Å². The van der Waals surface area contributed by atoms with Crippen molar-refractivity contribution in [3.05, 3.63) is 46.3 Å². The van der Waals surface area contributed by atoms with E-state index in [0.717, 1.165) is 5.56 Å². The Labute approximate surface area is 195 Å². The molecule has 1 aliphatic heterocycles. The summed E-state index contributed by atoms with van der Waals surface area (Å²) >= 11 is 1.26. The molecule has 0 radical (unpaired) electrons. The van der Waals surface area contributed by atoms with Gasteiger partial charge in [-0.3, -0.25) is 4.79 Å². The van der Waals surface area contributed by atoms with Crippen LogP contribution in [0.15, 0.2) is 46.5 Å². The third-order valence-corrected chi connectivity index (χ3v) is 5.72. The molecule has 2 aromatic rings. The molecule has 33 heavy (non-hydrogen) atoms. The summed E-state index contributed by atoms with van der Waals surface area (Å²) in [6.45, 7) is 5.95. The number of rotatable bonds is 5. The first-order valence-electron chi connectivity index (χ1n) is 10.4. The van der Waals surface area contributed by atoms with E-state index in [9.17, 15) is 14.0 Å². The van der Waals surface area contributed by atoms with Crippen molar-refractivity contribution in [1.82, 2.24) is 19.7 Å². The van der Waals surface area contributed by atoms with E-state index in [4.69, 9.17) is 4.74 Å². The maximum atomic E-state index is 14.5. The van der Waals surface area contributed by atoms with Crippen LogP contribution < -0.4 is 10.1 Å². The fraction of sp³-hybridized carbons (Fsp3) is 0.409. The average molecular weight is 475 g/mol. The van der Waals surface area contributed by atoms with Crippen LogP contribution in [0.1, 0.15) is 27.2 Å². The van der Waals surface area contributed by atoms with Gasteiger partial charge in [-0.2, -0.15) is 5.10 Å². The fourth-order valence-electron chi connectivity index (χ4n) is 3.07. The molecule has 2 aromatic heterocycles. The quantitative estimate of drug-likeness (QED) is 0.526. The zero-order chi connectivity index (χ0) is 24.2. The molecule has 1 aliphatic rings. The number of nitrogens with zero attached hydrogens (tertiary/aromatic N) is 5. The van der Waals surface area contributed by atoms with Crippen LogP contribution >= 0.6 is 11.3 Å². The Morgan fingerprint density at radius 2 is 2.15 bits per heavy atom. The van der Waals surface area contributed by atoms with Crippen LogP contribution in [-0.2, 0) is 16.6 Å². The zero-order valence-corrected chi connectivity index (χ0v) is 20.1. The largest absolute Gasteiger partial charge is 0.444 e. The number of amides is 1. The second kappa shape index (κ2) is 10.1. The third kappa shape index (κ3) is 6.13. The lowest BCUT2D eigenvalue weighted by Gasteiger charge is -2.29. The summed E-state index contributed by atoms with van der Waals surface area (Å²) in [6, 6.07) is 3.67. The van der Waals surface area contributed by atoms with Crippen LogP contribution in [0.25, 0.3) is 10.6 Å². The molecule has 1 N–H and O–H groups in total. The predicted octanol–water partition coefficient (Wildman–Crippen LogP) is 3.43. The van der Waals surface area contributed by atoms with Crippen LogP contribution in [0.2, 0.25) is 0 Å². The molecule has 0 saturated carbocycles. The van der Waals surface area contributed by atoms with Crippen molar-refractivity contribution in [2.24, 2.45) is 12.0 Å². The van der Waals surface area contributed by atoms with E-state index in [1.807, 2.05) is 12.1 Å². The van der Waals surface area contributed by atoms with E-state index in [0.29, 0.717) is 34.2 Å². The minimum atomic E-state index is -0.969. The van der Waals surface area contributed by atoms with Gasteiger partial charge in [-0.15, -0.1) is 0 Å². The highest BCUT2D eigenvalue weighted by molar-refractivity contribution is 7.12. The van der Waals surface area contributed by atoms with Crippen molar-refractivity contribution in [1.29, 1.82) is 0 Å². The first kappa shape index (κ1) is 24.3. The number of hydrogen-bond acceptors (Lipinski definition) is 8. The first-order valence-corrected chi connectivity index (χ1v) is 11.2. The summed E-state index contributed by atoms with van der Waals surface area (Å²) < 4.78 is 21.5. The van der Waals surface area contributed by atoms with Crippen molar-refractivity contribution in [2.45, 2.75) is 32.8 Å². The van der Waals surface area contributed by atoms with Gasteiger partial charge in [-0.25, -0.2) is 23.8 Å². The molecule has 0 aliphatic carbocycles. The Bertz CT molecular complexity index is 1180. The lowest BCUT2D eigenvalue weighted by atomic mass is 10.0. The lowest BCUT2D eigenvalue weighted by Crippen LogP contribution is -2.39. The number of nitrogens with one attached hydrogen (secondary N) is 1. The highest BCUT2D eigenvalue weighted by atomic mass is 32.1. The van der Waals surface area contributed by atoms with Gasteiger partial charge in [-0.05, 0) is 44.9 Å². The molecule has 3 rings (SSSR count). The number of halogens is 1. The molecular weight excluding hydrogens is 447 g/mol. The minimum Gasteiger partial charge on any atom is -0.444 e. The third-order valence-electron chi connectivity index (χ3n) is 4.67.